The number of hydrogen-bond acceptors (Lipinski definition) is 5. The van der Waals surface area contributed by atoms with Crippen LogP contribution in [0.1, 0.15) is 48.6 Å². The zero-order valence-corrected chi connectivity index (χ0v) is 14.6. The van der Waals surface area contributed by atoms with Crippen LogP contribution in [0.25, 0.3) is 0 Å². The fraction of sp³-hybridized carbons (Fsp3) is 0.579. The van der Waals surface area contributed by atoms with Gasteiger partial charge in [-0.1, -0.05) is 24.3 Å². The molecule has 0 aliphatic heterocycles. The van der Waals surface area contributed by atoms with Gasteiger partial charge in [-0.05, 0) is 56.7 Å². The summed E-state index contributed by atoms with van der Waals surface area (Å²) in [5.74, 6) is 1.85. The lowest BCUT2D eigenvalue weighted by molar-refractivity contribution is 0.118. The maximum absolute atomic E-state index is 9.25. The van der Waals surface area contributed by atoms with E-state index in [1.54, 1.807) is 0 Å². The summed E-state index contributed by atoms with van der Waals surface area (Å²) >= 11 is 0. The molecule has 130 valence electrons. The highest BCUT2D eigenvalue weighted by Gasteiger charge is 2.24. The maximum atomic E-state index is 9.25. The van der Waals surface area contributed by atoms with E-state index in [0.29, 0.717) is 43.3 Å². The zero-order valence-electron chi connectivity index (χ0n) is 14.6. The van der Waals surface area contributed by atoms with Gasteiger partial charge in [0.1, 0.15) is 0 Å². The van der Waals surface area contributed by atoms with Crippen LogP contribution in [-0.2, 0) is 13.0 Å². The second kappa shape index (κ2) is 7.90. The number of nitrogens with zero attached hydrogens (tertiary/aromatic N) is 3. The van der Waals surface area contributed by atoms with Crippen LogP contribution in [0.4, 0.5) is 0 Å². The van der Waals surface area contributed by atoms with Crippen LogP contribution in [0.3, 0.4) is 0 Å². The highest BCUT2D eigenvalue weighted by Crippen LogP contribution is 2.27. The van der Waals surface area contributed by atoms with Gasteiger partial charge in [0.25, 0.3) is 0 Å². The largest absolute Gasteiger partial charge is 0.424 e. The maximum Gasteiger partial charge on any atom is 0.230 e. The standard InChI is InChI=1S/C19H27N3O2/c1-14-5-3-4-6-16(14)11-18-20-21-19(24-18)12-22(2)17-9-7-15(13-23)8-10-17/h3-6,15,17,23H,7-13H2,1-2H3. The lowest BCUT2D eigenvalue weighted by Crippen LogP contribution is -2.35. The molecule has 5 nitrogen and oxygen atoms in total. The minimum Gasteiger partial charge on any atom is -0.424 e. The number of aliphatic hydroxyl groups is 1. The molecular formula is C19H27N3O2. The van der Waals surface area contributed by atoms with Crippen molar-refractivity contribution in [3.8, 4) is 0 Å². The Morgan fingerprint density at radius 2 is 1.83 bits per heavy atom. The fourth-order valence-corrected chi connectivity index (χ4v) is 3.51. The molecule has 0 spiro atoms. The minimum atomic E-state index is 0.322. The van der Waals surface area contributed by atoms with Crippen molar-refractivity contribution in [3.63, 3.8) is 0 Å². The molecule has 0 amide bonds. The van der Waals surface area contributed by atoms with Crippen molar-refractivity contribution in [1.29, 1.82) is 0 Å². The van der Waals surface area contributed by atoms with Gasteiger partial charge < -0.3 is 9.52 Å². The molecule has 0 bridgehead atoms. The molecule has 1 aromatic heterocycles. The van der Waals surface area contributed by atoms with Crippen LogP contribution in [0.5, 0.6) is 0 Å². The summed E-state index contributed by atoms with van der Waals surface area (Å²) in [7, 11) is 2.12. The van der Waals surface area contributed by atoms with Gasteiger partial charge in [0.15, 0.2) is 0 Å². The van der Waals surface area contributed by atoms with Crippen LogP contribution < -0.4 is 0 Å². The van der Waals surface area contributed by atoms with Gasteiger partial charge in [0.05, 0.1) is 13.0 Å². The summed E-state index contributed by atoms with van der Waals surface area (Å²) in [6, 6.07) is 8.82. The Morgan fingerprint density at radius 3 is 2.54 bits per heavy atom. The number of aromatic nitrogens is 2. The molecule has 0 radical (unpaired) electrons. The molecule has 24 heavy (non-hydrogen) atoms. The normalized spacial score (nSPS) is 21.3. The van der Waals surface area contributed by atoms with E-state index < -0.39 is 0 Å². The second-order valence-corrected chi connectivity index (χ2v) is 6.97. The van der Waals surface area contributed by atoms with Crippen LogP contribution >= 0.6 is 0 Å². The third kappa shape index (κ3) is 4.22. The lowest BCUT2D eigenvalue weighted by atomic mass is 9.86. The number of hydrogen-bond donors (Lipinski definition) is 1. The monoisotopic (exact) mass is 329 g/mol. The highest BCUT2D eigenvalue weighted by atomic mass is 16.4. The Morgan fingerprint density at radius 1 is 1.12 bits per heavy atom. The summed E-state index contributed by atoms with van der Waals surface area (Å²) in [5, 5.41) is 17.7. The van der Waals surface area contributed by atoms with E-state index in [2.05, 4.69) is 41.2 Å². The minimum absolute atomic E-state index is 0.322. The van der Waals surface area contributed by atoms with E-state index in [1.807, 2.05) is 12.1 Å². The summed E-state index contributed by atoms with van der Waals surface area (Å²) in [6.07, 6.45) is 5.16. The third-order valence-electron chi connectivity index (χ3n) is 5.19. The van der Waals surface area contributed by atoms with Gasteiger partial charge in [0, 0.05) is 12.6 Å². The first-order valence-corrected chi connectivity index (χ1v) is 8.82. The van der Waals surface area contributed by atoms with E-state index in [9.17, 15) is 5.11 Å². The van der Waals surface area contributed by atoms with E-state index in [0.717, 1.165) is 25.7 Å². The quantitative estimate of drug-likeness (QED) is 0.883. The van der Waals surface area contributed by atoms with Crippen molar-refractivity contribution in [3.05, 3.63) is 47.2 Å². The van der Waals surface area contributed by atoms with Crippen molar-refractivity contribution >= 4 is 0 Å². The first-order valence-electron chi connectivity index (χ1n) is 8.82. The Hall–Kier alpha value is -1.72. The molecule has 2 aromatic rings. The summed E-state index contributed by atoms with van der Waals surface area (Å²) in [4.78, 5) is 2.30. The van der Waals surface area contributed by atoms with Crippen molar-refractivity contribution < 1.29 is 9.52 Å². The second-order valence-electron chi connectivity index (χ2n) is 6.97. The number of aryl methyl sites for hydroxylation is 1. The van der Waals surface area contributed by atoms with Gasteiger partial charge in [-0.25, -0.2) is 0 Å². The van der Waals surface area contributed by atoms with Crippen molar-refractivity contribution in [1.82, 2.24) is 15.1 Å². The van der Waals surface area contributed by atoms with Gasteiger partial charge in [-0.3, -0.25) is 4.90 Å². The fourth-order valence-electron chi connectivity index (χ4n) is 3.51. The Balaban J connectivity index is 1.55. The van der Waals surface area contributed by atoms with E-state index >= 15 is 0 Å². The van der Waals surface area contributed by atoms with Gasteiger partial charge in [0.2, 0.25) is 11.8 Å². The van der Waals surface area contributed by atoms with E-state index in [1.165, 1.54) is 11.1 Å². The van der Waals surface area contributed by atoms with Gasteiger partial charge in [-0.15, -0.1) is 10.2 Å². The molecule has 1 aromatic carbocycles. The Bertz CT molecular complexity index is 648. The lowest BCUT2D eigenvalue weighted by Gasteiger charge is -2.33. The van der Waals surface area contributed by atoms with Gasteiger partial charge in [-0.2, -0.15) is 0 Å². The molecule has 1 fully saturated rings. The number of aliphatic hydroxyl groups excluding tert-OH is 1. The molecule has 0 unspecified atom stereocenters. The summed E-state index contributed by atoms with van der Waals surface area (Å²) in [6.45, 7) is 3.11. The molecule has 1 saturated carbocycles. The first-order chi connectivity index (χ1) is 11.7. The third-order valence-corrected chi connectivity index (χ3v) is 5.19. The highest BCUT2D eigenvalue weighted by molar-refractivity contribution is 5.27. The van der Waals surface area contributed by atoms with Crippen LogP contribution in [0, 0.1) is 12.8 Å². The molecule has 1 heterocycles. The summed E-state index contributed by atoms with van der Waals surface area (Å²) < 4.78 is 5.84. The van der Waals surface area contributed by atoms with Crippen molar-refractivity contribution in [2.24, 2.45) is 5.92 Å². The predicted molar refractivity (Wildman–Crippen MR) is 92.6 cm³/mol. The van der Waals surface area contributed by atoms with Crippen LogP contribution in [0.2, 0.25) is 0 Å². The molecule has 1 N–H and O–H groups in total. The molecule has 0 saturated heterocycles. The van der Waals surface area contributed by atoms with Crippen molar-refractivity contribution in [2.75, 3.05) is 13.7 Å². The van der Waals surface area contributed by atoms with Crippen LogP contribution in [-0.4, -0.2) is 39.9 Å². The Labute approximate surface area is 143 Å². The topological polar surface area (TPSA) is 62.4 Å². The van der Waals surface area contributed by atoms with Gasteiger partial charge >= 0.3 is 0 Å². The SMILES string of the molecule is Cc1ccccc1Cc1nnc(CN(C)C2CCC(CO)CC2)o1. The molecule has 0 atom stereocenters. The average molecular weight is 329 g/mol. The summed E-state index contributed by atoms with van der Waals surface area (Å²) in [5.41, 5.74) is 2.47. The smallest absolute Gasteiger partial charge is 0.230 e. The predicted octanol–water partition coefficient (Wildman–Crippen LogP) is 2.95. The number of rotatable bonds is 6. The number of benzene rings is 1. The molecular weight excluding hydrogens is 302 g/mol. The van der Waals surface area contributed by atoms with Crippen molar-refractivity contribution in [2.45, 2.75) is 51.6 Å². The molecule has 1 aliphatic carbocycles. The first kappa shape index (κ1) is 17.1. The van der Waals surface area contributed by atoms with E-state index in [4.69, 9.17) is 4.42 Å². The zero-order chi connectivity index (χ0) is 16.9. The molecule has 3 rings (SSSR count). The average Bonchev–Trinajstić information content (AvgIpc) is 3.04. The Kier molecular flexibility index (Phi) is 5.63. The molecule has 5 heteroatoms. The van der Waals surface area contributed by atoms with E-state index in [-0.39, 0.29) is 0 Å². The van der Waals surface area contributed by atoms with Crippen LogP contribution in [0.15, 0.2) is 28.7 Å². The molecule has 1 aliphatic rings.